The highest BCUT2D eigenvalue weighted by molar-refractivity contribution is 6.62. The molecule has 1 N–H and O–H groups in total. The van der Waals surface area contributed by atoms with E-state index in [-0.39, 0.29) is 17.1 Å². The molecule has 0 unspecified atom stereocenters. The second-order valence-corrected chi connectivity index (χ2v) is 7.82. The van der Waals surface area contributed by atoms with Gasteiger partial charge in [0.15, 0.2) is 0 Å². The Morgan fingerprint density at radius 2 is 1.83 bits per heavy atom. The lowest BCUT2D eigenvalue weighted by molar-refractivity contribution is 0.00578. The van der Waals surface area contributed by atoms with Crippen LogP contribution in [-0.4, -0.2) is 30.8 Å². The van der Waals surface area contributed by atoms with Gasteiger partial charge < -0.3 is 14.6 Å². The van der Waals surface area contributed by atoms with Gasteiger partial charge in [-0.15, -0.1) is 0 Å². The molecule has 1 saturated carbocycles. The minimum Gasteiger partial charge on any atom is -0.399 e. The van der Waals surface area contributed by atoms with E-state index in [4.69, 9.17) is 9.31 Å². The van der Waals surface area contributed by atoms with Crippen LogP contribution in [0.5, 0.6) is 0 Å². The van der Waals surface area contributed by atoms with Crippen molar-refractivity contribution in [2.24, 2.45) is 5.92 Å². The predicted octanol–water partition coefficient (Wildman–Crippen LogP) is 2.43. The first-order chi connectivity index (χ1) is 10.7. The minimum absolute atomic E-state index is 0.00670. The highest BCUT2D eigenvalue weighted by atomic mass is 16.7. The summed E-state index contributed by atoms with van der Waals surface area (Å²) >= 11 is 0. The van der Waals surface area contributed by atoms with E-state index in [1.54, 1.807) is 0 Å². The Hall–Kier alpha value is -1.33. The number of aryl methyl sites for hydroxylation is 1. The van der Waals surface area contributed by atoms with Crippen LogP contribution in [-0.2, 0) is 9.31 Å². The van der Waals surface area contributed by atoms with E-state index in [9.17, 15) is 4.79 Å². The summed E-state index contributed by atoms with van der Waals surface area (Å²) in [7, 11) is -0.435. The van der Waals surface area contributed by atoms with E-state index in [0.29, 0.717) is 11.5 Å². The smallest absolute Gasteiger partial charge is 0.399 e. The number of nitrogens with one attached hydrogen (secondary N) is 1. The molecular formula is C18H26BNO3. The van der Waals surface area contributed by atoms with Crippen LogP contribution in [0.15, 0.2) is 18.2 Å². The van der Waals surface area contributed by atoms with Gasteiger partial charge in [-0.2, -0.15) is 0 Å². The minimum atomic E-state index is -0.435. The summed E-state index contributed by atoms with van der Waals surface area (Å²) in [6, 6.07) is 5.85. The normalized spacial score (nSPS) is 22.2. The third-order valence-electron chi connectivity index (χ3n) is 5.28. The molecule has 4 nitrogen and oxygen atoms in total. The number of carbonyl (C=O) groups excluding carboxylic acids is 1. The summed E-state index contributed by atoms with van der Waals surface area (Å²) in [6.45, 7) is 10.9. The Balaban J connectivity index is 1.79. The lowest BCUT2D eigenvalue weighted by Crippen LogP contribution is -2.41. The van der Waals surface area contributed by atoms with Crippen LogP contribution in [0.3, 0.4) is 0 Å². The highest BCUT2D eigenvalue weighted by Crippen LogP contribution is 2.36. The van der Waals surface area contributed by atoms with E-state index >= 15 is 0 Å². The van der Waals surface area contributed by atoms with Crippen molar-refractivity contribution in [2.75, 3.05) is 6.54 Å². The van der Waals surface area contributed by atoms with Gasteiger partial charge in [-0.1, -0.05) is 12.1 Å². The van der Waals surface area contributed by atoms with Crippen molar-refractivity contribution in [1.29, 1.82) is 0 Å². The molecule has 1 aliphatic carbocycles. The Bertz CT molecular complexity index is 607. The molecule has 3 rings (SSSR count). The quantitative estimate of drug-likeness (QED) is 0.868. The van der Waals surface area contributed by atoms with Gasteiger partial charge in [0.05, 0.1) is 11.2 Å². The summed E-state index contributed by atoms with van der Waals surface area (Å²) in [5.74, 6) is 0.665. The number of hydrogen-bond donors (Lipinski definition) is 1. The summed E-state index contributed by atoms with van der Waals surface area (Å²) in [5, 5.41) is 3.03. The SMILES string of the molecule is Cc1ccc(B2OC(C)(C)C(C)(C)O2)cc1C(=O)NCC1CC1. The molecule has 0 radical (unpaired) electrons. The van der Waals surface area contributed by atoms with Crippen LogP contribution in [0.25, 0.3) is 0 Å². The molecule has 0 aromatic heterocycles. The summed E-state index contributed by atoms with van der Waals surface area (Å²) < 4.78 is 12.2. The maximum atomic E-state index is 12.4. The van der Waals surface area contributed by atoms with Gasteiger partial charge in [-0.05, 0) is 70.5 Å². The number of hydrogen-bond acceptors (Lipinski definition) is 3. The topological polar surface area (TPSA) is 47.6 Å². The molecular weight excluding hydrogens is 289 g/mol. The first-order valence-electron chi connectivity index (χ1n) is 8.44. The zero-order chi connectivity index (χ0) is 16.8. The molecule has 23 heavy (non-hydrogen) atoms. The van der Waals surface area contributed by atoms with Crippen molar-refractivity contribution >= 4 is 18.5 Å². The average molecular weight is 315 g/mol. The monoisotopic (exact) mass is 315 g/mol. The van der Waals surface area contributed by atoms with Crippen LogP contribution in [0, 0.1) is 12.8 Å². The van der Waals surface area contributed by atoms with E-state index in [1.165, 1.54) is 12.8 Å². The van der Waals surface area contributed by atoms with Crippen molar-refractivity contribution < 1.29 is 14.1 Å². The van der Waals surface area contributed by atoms with Gasteiger partial charge in [0.1, 0.15) is 0 Å². The van der Waals surface area contributed by atoms with E-state index < -0.39 is 7.12 Å². The summed E-state index contributed by atoms with van der Waals surface area (Å²) in [5.41, 5.74) is 1.82. The van der Waals surface area contributed by atoms with Gasteiger partial charge in [0.25, 0.3) is 5.91 Å². The maximum Gasteiger partial charge on any atom is 0.494 e. The van der Waals surface area contributed by atoms with E-state index in [1.807, 2.05) is 52.8 Å². The molecule has 0 spiro atoms. The third-order valence-corrected chi connectivity index (χ3v) is 5.28. The molecule has 1 aromatic carbocycles. The van der Waals surface area contributed by atoms with Crippen molar-refractivity contribution in [2.45, 2.75) is 58.7 Å². The van der Waals surface area contributed by atoms with Gasteiger partial charge in [0.2, 0.25) is 0 Å². The molecule has 0 atom stereocenters. The van der Waals surface area contributed by atoms with Gasteiger partial charge in [-0.3, -0.25) is 4.79 Å². The van der Waals surface area contributed by atoms with E-state index in [0.717, 1.165) is 17.6 Å². The van der Waals surface area contributed by atoms with Gasteiger partial charge in [-0.25, -0.2) is 0 Å². The molecule has 1 aliphatic heterocycles. The molecule has 2 aliphatic rings. The number of carbonyl (C=O) groups is 1. The molecule has 5 heteroatoms. The highest BCUT2D eigenvalue weighted by Gasteiger charge is 2.51. The fraction of sp³-hybridized carbons (Fsp3) is 0.611. The lowest BCUT2D eigenvalue weighted by Gasteiger charge is -2.32. The van der Waals surface area contributed by atoms with Crippen molar-refractivity contribution in [3.05, 3.63) is 29.3 Å². The van der Waals surface area contributed by atoms with Crippen LogP contribution < -0.4 is 10.8 Å². The number of amides is 1. The second-order valence-electron chi connectivity index (χ2n) is 7.82. The van der Waals surface area contributed by atoms with Crippen LogP contribution >= 0.6 is 0 Å². The van der Waals surface area contributed by atoms with Gasteiger partial charge in [0, 0.05) is 12.1 Å². The molecule has 1 aromatic rings. The maximum absolute atomic E-state index is 12.4. The fourth-order valence-corrected chi connectivity index (χ4v) is 2.66. The second kappa shape index (κ2) is 5.64. The molecule has 1 saturated heterocycles. The number of rotatable bonds is 4. The van der Waals surface area contributed by atoms with Crippen molar-refractivity contribution in [3.8, 4) is 0 Å². The van der Waals surface area contributed by atoms with Crippen molar-refractivity contribution in [3.63, 3.8) is 0 Å². The Morgan fingerprint density at radius 3 is 2.39 bits per heavy atom. The molecule has 1 amide bonds. The molecule has 124 valence electrons. The van der Waals surface area contributed by atoms with Gasteiger partial charge >= 0.3 is 7.12 Å². The van der Waals surface area contributed by atoms with Crippen molar-refractivity contribution in [1.82, 2.24) is 5.32 Å². The molecule has 1 heterocycles. The summed E-state index contributed by atoms with van der Waals surface area (Å²) in [6.07, 6.45) is 2.46. The zero-order valence-electron chi connectivity index (χ0n) is 14.7. The average Bonchev–Trinajstić information content (AvgIpc) is 3.24. The lowest BCUT2D eigenvalue weighted by atomic mass is 9.77. The Labute approximate surface area is 139 Å². The Morgan fingerprint density at radius 1 is 1.22 bits per heavy atom. The largest absolute Gasteiger partial charge is 0.494 e. The third kappa shape index (κ3) is 3.31. The first-order valence-corrected chi connectivity index (χ1v) is 8.44. The van der Waals surface area contributed by atoms with Crippen LogP contribution in [0.1, 0.15) is 56.5 Å². The first kappa shape index (κ1) is 16.5. The standard InChI is InChI=1S/C18H26BNO3/c1-12-6-9-14(19-22-17(2,3)18(4,5)23-19)10-15(12)16(21)20-11-13-7-8-13/h6,9-10,13H,7-8,11H2,1-5H3,(H,20,21). The summed E-state index contributed by atoms with van der Waals surface area (Å²) in [4.78, 5) is 12.4. The molecule has 2 fully saturated rings. The Kier molecular flexibility index (Phi) is 4.05. The van der Waals surface area contributed by atoms with Crippen LogP contribution in [0.4, 0.5) is 0 Å². The van der Waals surface area contributed by atoms with Crippen LogP contribution in [0.2, 0.25) is 0 Å². The number of benzene rings is 1. The fourth-order valence-electron chi connectivity index (χ4n) is 2.66. The zero-order valence-corrected chi connectivity index (χ0v) is 14.7. The van der Waals surface area contributed by atoms with E-state index in [2.05, 4.69) is 5.32 Å². The predicted molar refractivity (Wildman–Crippen MR) is 92.0 cm³/mol. The molecule has 0 bridgehead atoms.